The van der Waals surface area contributed by atoms with E-state index in [9.17, 15) is 19.1 Å². The molecule has 0 aromatic heterocycles. The minimum Gasteiger partial charge on any atom is -0.465 e. The van der Waals surface area contributed by atoms with Crippen molar-refractivity contribution in [2.24, 2.45) is 23.2 Å². The van der Waals surface area contributed by atoms with Crippen molar-refractivity contribution in [1.82, 2.24) is 4.90 Å². The molecule has 6 fully saturated rings. The van der Waals surface area contributed by atoms with Gasteiger partial charge in [0.05, 0.1) is 17.2 Å². The predicted octanol–water partition coefficient (Wildman–Crippen LogP) is 3.67. The number of anilines is 2. The van der Waals surface area contributed by atoms with Gasteiger partial charge in [-0.1, -0.05) is 0 Å². The first kappa shape index (κ1) is 21.2. The molecule has 2 heterocycles. The molecule has 1 aromatic carbocycles. The molecule has 7 rings (SSSR count). The first-order valence-electron chi connectivity index (χ1n) is 12.3. The Morgan fingerprint density at radius 3 is 2.58 bits per heavy atom. The van der Waals surface area contributed by atoms with E-state index in [4.69, 9.17) is 5.11 Å². The quantitative estimate of drug-likeness (QED) is 0.644. The molecule has 4 saturated carbocycles. The average molecular weight is 458 g/mol. The molecule has 7 nitrogen and oxygen atoms in total. The van der Waals surface area contributed by atoms with E-state index in [0.717, 1.165) is 57.9 Å². The number of likely N-dealkylation sites (tertiary alicyclic amines) is 1. The number of aliphatic hydroxyl groups is 1. The van der Waals surface area contributed by atoms with Gasteiger partial charge in [-0.3, -0.25) is 10.1 Å². The zero-order valence-electron chi connectivity index (χ0n) is 18.8. The summed E-state index contributed by atoms with van der Waals surface area (Å²) in [5.74, 6) is 1.04. The second kappa shape index (κ2) is 7.32. The van der Waals surface area contributed by atoms with Crippen molar-refractivity contribution in [2.45, 2.75) is 63.0 Å². The maximum atomic E-state index is 14.9. The van der Waals surface area contributed by atoms with Gasteiger partial charge in [0.25, 0.3) is 0 Å². The van der Waals surface area contributed by atoms with Gasteiger partial charge in [-0.25, -0.2) is 9.18 Å². The van der Waals surface area contributed by atoms with Crippen LogP contribution < -0.4 is 10.2 Å². The normalized spacial score (nSPS) is 39.5. The SMILES string of the molecule is O=C(O)Nc1ccc(N2CCCC3(CCN(C45CC6CC(C4)C(O)C(C6)C5)C3=O)C2)c(F)c1. The van der Waals surface area contributed by atoms with Gasteiger partial charge in [-0.2, -0.15) is 0 Å². The van der Waals surface area contributed by atoms with E-state index in [1.165, 1.54) is 6.07 Å². The molecule has 1 spiro atoms. The lowest BCUT2D eigenvalue weighted by molar-refractivity contribution is -0.167. The van der Waals surface area contributed by atoms with Crippen LogP contribution in [0.25, 0.3) is 0 Å². The molecule has 2 saturated heterocycles. The van der Waals surface area contributed by atoms with Crippen molar-refractivity contribution in [3.8, 4) is 0 Å². The Morgan fingerprint density at radius 2 is 1.88 bits per heavy atom. The summed E-state index contributed by atoms with van der Waals surface area (Å²) in [6.45, 7) is 1.94. The van der Waals surface area contributed by atoms with Crippen molar-refractivity contribution < 1.29 is 24.2 Å². The van der Waals surface area contributed by atoms with Crippen LogP contribution in [0.1, 0.15) is 51.4 Å². The van der Waals surface area contributed by atoms with Crippen LogP contribution in [0.2, 0.25) is 0 Å². The van der Waals surface area contributed by atoms with E-state index in [2.05, 4.69) is 10.2 Å². The lowest BCUT2D eigenvalue weighted by Gasteiger charge is -2.61. The van der Waals surface area contributed by atoms with Crippen LogP contribution in [0.5, 0.6) is 0 Å². The van der Waals surface area contributed by atoms with Gasteiger partial charge < -0.3 is 20.0 Å². The highest BCUT2D eigenvalue weighted by Gasteiger charge is 2.62. The smallest absolute Gasteiger partial charge is 0.409 e. The number of hydrogen-bond acceptors (Lipinski definition) is 4. The van der Waals surface area contributed by atoms with Crippen LogP contribution in [0, 0.1) is 29.0 Å². The summed E-state index contributed by atoms with van der Waals surface area (Å²) in [4.78, 5) is 29.0. The zero-order valence-corrected chi connectivity index (χ0v) is 18.8. The van der Waals surface area contributed by atoms with Crippen molar-refractivity contribution in [2.75, 3.05) is 29.9 Å². The number of amides is 2. The van der Waals surface area contributed by atoms with Crippen LogP contribution >= 0.6 is 0 Å². The Labute approximate surface area is 192 Å². The number of halogens is 1. The van der Waals surface area contributed by atoms with Crippen molar-refractivity contribution in [1.29, 1.82) is 0 Å². The summed E-state index contributed by atoms with van der Waals surface area (Å²) >= 11 is 0. The third-order valence-corrected chi connectivity index (χ3v) is 9.39. The number of carbonyl (C=O) groups excluding carboxylic acids is 1. The number of carboxylic acid groups (broad SMARTS) is 1. The first-order valence-corrected chi connectivity index (χ1v) is 12.3. The highest BCUT2D eigenvalue weighted by Crippen LogP contribution is 2.59. The molecule has 3 unspecified atom stereocenters. The fourth-order valence-electron chi connectivity index (χ4n) is 8.24. The largest absolute Gasteiger partial charge is 0.465 e. The minimum atomic E-state index is -1.23. The number of aliphatic hydroxyl groups excluding tert-OH is 1. The number of piperidine rings is 1. The molecule has 178 valence electrons. The molecule has 8 heteroatoms. The Balaban J connectivity index is 1.23. The number of benzene rings is 1. The van der Waals surface area contributed by atoms with Crippen LogP contribution in [-0.4, -0.2) is 58.4 Å². The van der Waals surface area contributed by atoms with E-state index in [1.54, 1.807) is 12.1 Å². The second-order valence-corrected chi connectivity index (χ2v) is 11.3. The highest BCUT2D eigenvalue weighted by atomic mass is 19.1. The zero-order chi connectivity index (χ0) is 23.0. The van der Waals surface area contributed by atoms with Crippen molar-refractivity contribution >= 4 is 23.4 Å². The molecule has 4 bridgehead atoms. The summed E-state index contributed by atoms with van der Waals surface area (Å²) < 4.78 is 14.9. The van der Waals surface area contributed by atoms with E-state index < -0.39 is 17.3 Å². The van der Waals surface area contributed by atoms with Crippen molar-refractivity contribution in [3.05, 3.63) is 24.0 Å². The summed E-state index contributed by atoms with van der Waals surface area (Å²) in [5.41, 5.74) is 0.0512. The predicted molar refractivity (Wildman–Crippen MR) is 121 cm³/mol. The third kappa shape index (κ3) is 3.24. The number of nitrogens with one attached hydrogen (secondary N) is 1. The van der Waals surface area contributed by atoms with Gasteiger partial charge in [0.1, 0.15) is 5.82 Å². The second-order valence-electron chi connectivity index (χ2n) is 11.3. The van der Waals surface area contributed by atoms with Crippen LogP contribution in [-0.2, 0) is 4.79 Å². The lowest BCUT2D eigenvalue weighted by atomic mass is 9.51. The fraction of sp³-hybridized carbons (Fsp3) is 0.680. The van der Waals surface area contributed by atoms with Gasteiger partial charge >= 0.3 is 6.09 Å². The third-order valence-electron chi connectivity index (χ3n) is 9.39. The molecule has 2 aliphatic heterocycles. The van der Waals surface area contributed by atoms with Gasteiger partial charge in [-0.05, 0) is 87.3 Å². The molecule has 3 N–H and O–H groups in total. The number of rotatable bonds is 3. The monoisotopic (exact) mass is 457 g/mol. The van der Waals surface area contributed by atoms with Gasteiger partial charge in [0.2, 0.25) is 5.91 Å². The Bertz CT molecular complexity index is 986. The van der Waals surface area contributed by atoms with Crippen LogP contribution in [0.15, 0.2) is 18.2 Å². The Kier molecular flexibility index (Phi) is 4.70. The molecule has 2 amide bonds. The summed E-state index contributed by atoms with van der Waals surface area (Å²) in [6, 6.07) is 4.38. The minimum absolute atomic E-state index is 0.0893. The first-order chi connectivity index (χ1) is 15.8. The standard InChI is InChI=1S/C25H32FN3O4/c26-19-10-18(27-23(32)33)2-3-20(19)28-6-1-4-24(14-28)5-7-29(22(24)31)25-11-15-8-16(12-25)21(30)17(9-15)13-25/h2-3,10,15-17,21,27,30H,1,4-9,11-14H2,(H,32,33). The van der Waals surface area contributed by atoms with Crippen LogP contribution in [0.3, 0.4) is 0 Å². The van der Waals surface area contributed by atoms with Gasteiger partial charge in [0, 0.05) is 30.9 Å². The van der Waals surface area contributed by atoms with E-state index in [-0.39, 0.29) is 23.2 Å². The molecule has 33 heavy (non-hydrogen) atoms. The fourth-order valence-corrected chi connectivity index (χ4v) is 8.24. The van der Waals surface area contributed by atoms with E-state index in [1.807, 2.05) is 4.90 Å². The molecule has 4 aliphatic carbocycles. The number of carbonyl (C=O) groups is 2. The van der Waals surface area contributed by atoms with Crippen molar-refractivity contribution in [3.63, 3.8) is 0 Å². The summed E-state index contributed by atoms with van der Waals surface area (Å²) in [6.07, 6.45) is 6.16. The molecule has 1 aromatic rings. The molecule has 3 atom stereocenters. The molecular weight excluding hydrogens is 425 g/mol. The number of nitrogens with zero attached hydrogens (tertiary/aromatic N) is 2. The molecule has 0 radical (unpaired) electrons. The number of hydrogen-bond donors (Lipinski definition) is 3. The lowest BCUT2D eigenvalue weighted by Crippen LogP contribution is -2.65. The highest BCUT2D eigenvalue weighted by molar-refractivity contribution is 5.87. The Morgan fingerprint density at radius 1 is 1.12 bits per heavy atom. The topological polar surface area (TPSA) is 93.1 Å². The molecular formula is C25H32FN3O4. The average Bonchev–Trinajstić information content (AvgIpc) is 3.07. The van der Waals surface area contributed by atoms with Gasteiger partial charge in [0.15, 0.2) is 0 Å². The summed E-state index contributed by atoms with van der Waals surface area (Å²) in [5, 5.41) is 21.7. The van der Waals surface area contributed by atoms with Crippen LogP contribution in [0.4, 0.5) is 20.6 Å². The maximum Gasteiger partial charge on any atom is 0.409 e. The maximum absolute atomic E-state index is 14.9. The molecule has 6 aliphatic rings. The van der Waals surface area contributed by atoms with E-state index >= 15 is 0 Å². The summed E-state index contributed by atoms with van der Waals surface area (Å²) in [7, 11) is 0. The van der Waals surface area contributed by atoms with E-state index in [0.29, 0.717) is 36.5 Å². The van der Waals surface area contributed by atoms with Gasteiger partial charge in [-0.15, -0.1) is 0 Å². The Hall–Kier alpha value is -2.35.